The Morgan fingerprint density at radius 3 is 2.50 bits per heavy atom. The molecule has 0 N–H and O–H groups in total. The van der Waals surface area contributed by atoms with E-state index in [1.54, 1.807) is 19.1 Å². The maximum Gasteiger partial charge on any atom is 0.175 e. The molecular formula is C9H11NO3S. The van der Waals surface area contributed by atoms with Crippen LogP contribution in [0.15, 0.2) is 34.3 Å². The molecule has 5 heteroatoms. The highest BCUT2D eigenvalue weighted by molar-refractivity contribution is 7.90. The zero-order valence-corrected chi connectivity index (χ0v) is 8.78. The third-order valence-corrected chi connectivity index (χ3v) is 3.04. The normalized spacial score (nSPS) is 13.6. The van der Waals surface area contributed by atoms with E-state index < -0.39 is 15.9 Å². The lowest BCUT2D eigenvalue weighted by Crippen LogP contribution is -1.98. The number of rotatable bonds is 3. The van der Waals surface area contributed by atoms with E-state index in [4.69, 9.17) is 0 Å². The fourth-order valence-corrected chi connectivity index (χ4v) is 1.74. The van der Waals surface area contributed by atoms with Gasteiger partial charge < -0.3 is 0 Å². The quantitative estimate of drug-likeness (QED) is 0.720. The molecule has 0 aliphatic heterocycles. The molecule has 1 aromatic carbocycles. The molecule has 14 heavy (non-hydrogen) atoms. The number of hydrogen-bond acceptors (Lipinski definition) is 4. The summed E-state index contributed by atoms with van der Waals surface area (Å²) in [5.74, 6) is 0. The number of sulfone groups is 1. The molecule has 0 fully saturated rings. The predicted molar refractivity (Wildman–Crippen MR) is 53.8 cm³/mol. The summed E-state index contributed by atoms with van der Waals surface area (Å²) in [4.78, 5) is 10.5. The summed E-state index contributed by atoms with van der Waals surface area (Å²) in [6.07, 6.45) is 1.13. The molecule has 0 saturated carbocycles. The molecule has 76 valence electrons. The fraction of sp³-hybridized carbons (Fsp3) is 0.333. The molecule has 1 rings (SSSR count). The average molecular weight is 213 g/mol. The molecule has 0 amide bonds. The summed E-state index contributed by atoms with van der Waals surface area (Å²) in [6.45, 7) is 1.62. The van der Waals surface area contributed by atoms with Crippen molar-refractivity contribution in [2.45, 2.75) is 17.9 Å². The Morgan fingerprint density at radius 2 is 2.00 bits per heavy atom. The van der Waals surface area contributed by atoms with Gasteiger partial charge in [0.1, 0.15) is 6.04 Å². The molecule has 0 aliphatic rings. The van der Waals surface area contributed by atoms with Crippen molar-refractivity contribution in [1.82, 2.24) is 0 Å². The fourth-order valence-electron chi connectivity index (χ4n) is 1.07. The standard InChI is InChI=1S/C9H11NO3S/c1-7(10-11)8-4-3-5-9(6-8)14(2,12)13/h3-7H,1-2H3. The molecule has 4 nitrogen and oxygen atoms in total. The molecule has 0 heterocycles. The van der Waals surface area contributed by atoms with Crippen LogP contribution in [-0.4, -0.2) is 14.7 Å². The number of hydrogen-bond donors (Lipinski definition) is 0. The topological polar surface area (TPSA) is 63.6 Å². The Kier molecular flexibility index (Phi) is 3.00. The predicted octanol–water partition coefficient (Wildman–Crippen LogP) is 1.92. The Labute approximate surface area is 82.8 Å². The summed E-state index contributed by atoms with van der Waals surface area (Å²) in [6, 6.07) is 5.74. The minimum atomic E-state index is -3.21. The monoisotopic (exact) mass is 213 g/mol. The highest BCUT2D eigenvalue weighted by Crippen LogP contribution is 2.19. The van der Waals surface area contributed by atoms with Crippen LogP contribution in [0.2, 0.25) is 0 Å². The smallest absolute Gasteiger partial charge is 0.175 e. The van der Waals surface area contributed by atoms with Gasteiger partial charge in [0.25, 0.3) is 0 Å². The maximum absolute atomic E-state index is 11.2. The van der Waals surface area contributed by atoms with Gasteiger partial charge >= 0.3 is 0 Å². The summed E-state index contributed by atoms with van der Waals surface area (Å²) < 4.78 is 22.4. The van der Waals surface area contributed by atoms with E-state index in [9.17, 15) is 13.3 Å². The highest BCUT2D eigenvalue weighted by atomic mass is 32.2. The van der Waals surface area contributed by atoms with Crippen LogP contribution in [0.25, 0.3) is 0 Å². The van der Waals surface area contributed by atoms with Crippen molar-refractivity contribution in [2.24, 2.45) is 5.18 Å². The van der Waals surface area contributed by atoms with Crippen molar-refractivity contribution >= 4 is 9.84 Å². The van der Waals surface area contributed by atoms with Crippen LogP contribution in [-0.2, 0) is 9.84 Å². The zero-order chi connectivity index (χ0) is 10.8. The maximum atomic E-state index is 11.2. The summed E-state index contributed by atoms with van der Waals surface area (Å²) >= 11 is 0. The van der Waals surface area contributed by atoms with Crippen LogP contribution < -0.4 is 0 Å². The average Bonchev–Trinajstić information content (AvgIpc) is 2.15. The van der Waals surface area contributed by atoms with Gasteiger partial charge in [0.15, 0.2) is 9.84 Å². The Balaban J connectivity index is 3.20. The molecule has 0 spiro atoms. The molecule has 0 aliphatic carbocycles. The molecule has 0 radical (unpaired) electrons. The van der Waals surface area contributed by atoms with Crippen LogP contribution >= 0.6 is 0 Å². The van der Waals surface area contributed by atoms with Crippen molar-refractivity contribution < 1.29 is 8.42 Å². The van der Waals surface area contributed by atoms with Gasteiger partial charge in [0.2, 0.25) is 0 Å². The molecule has 0 bridgehead atoms. The second-order valence-electron chi connectivity index (χ2n) is 3.13. The van der Waals surface area contributed by atoms with Crippen LogP contribution in [0.5, 0.6) is 0 Å². The Bertz CT molecular complexity index is 439. The van der Waals surface area contributed by atoms with Crippen LogP contribution in [0.1, 0.15) is 18.5 Å². The first-order chi connectivity index (χ1) is 6.45. The van der Waals surface area contributed by atoms with Crippen molar-refractivity contribution in [1.29, 1.82) is 0 Å². The van der Waals surface area contributed by atoms with Gasteiger partial charge in [-0.1, -0.05) is 17.3 Å². The molecule has 1 atom stereocenters. The van der Waals surface area contributed by atoms with E-state index in [-0.39, 0.29) is 4.90 Å². The number of nitroso groups, excluding NO2 is 1. The summed E-state index contributed by atoms with van der Waals surface area (Å²) in [5.41, 5.74) is 0.614. The SMILES string of the molecule is CC(N=O)c1cccc(S(C)(=O)=O)c1. The van der Waals surface area contributed by atoms with Gasteiger partial charge in [-0.2, -0.15) is 4.91 Å². The lowest BCUT2D eigenvalue weighted by atomic mass is 10.1. The van der Waals surface area contributed by atoms with Gasteiger partial charge in [-0.25, -0.2) is 8.42 Å². The van der Waals surface area contributed by atoms with E-state index in [1.165, 1.54) is 12.1 Å². The molecular weight excluding hydrogens is 202 g/mol. The van der Waals surface area contributed by atoms with Crippen molar-refractivity contribution in [3.8, 4) is 0 Å². The van der Waals surface area contributed by atoms with Gasteiger partial charge in [-0.05, 0) is 24.6 Å². The molecule has 1 unspecified atom stereocenters. The molecule has 1 aromatic rings. The van der Waals surface area contributed by atoms with E-state index in [0.717, 1.165) is 6.26 Å². The first-order valence-electron chi connectivity index (χ1n) is 4.07. The van der Waals surface area contributed by atoms with Gasteiger partial charge in [0, 0.05) is 6.26 Å². The third-order valence-electron chi connectivity index (χ3n) is 1.93. The first kappa shape index (κ1) is 10.8. The number of benzene rings is 1. The second kappa shape index (κ2) is 3.88. The highest BCUT2D eigenvalue weighted by Gasteiger charge is 2.10. The Morgan fingerprint density at radius 1 is 1.36 bits per heavy atom. The lowest BCUT2D eigenvalue weighted by molar-refractivity contribution is 0.601. The van der Waals surface area contributed by atoms with E-state index >= 15 is 0 Å². The van der Waals surface area contributed by atoms with Crippen LogP contribution in [0.4, 0.5) is 0 Å². The van der Waals surface area contributed by atoms with Crippen molar-refractivity contribution in [3.05, 3.63) is 34.7 Å². The summed E-state index contributed by atoms with van der Waals surface area (Å²) in [7, 11) is -3.21. The van der Waals surface area contributed by atoms with Gasteiger partial charge in [0.05, 0.1) is 4.90 Å². The van der Waals surface area contributed by atoms with Crippen molar-refractivity contribution in [2.75, 3.05) is 6.26 Å². The molecule has 0 aromatic heterocycles. The van der Waals surface area contributed by atoms with Gasteiger partial charge in [-0.15, -0.1) is 0 Å². The second-order valence-corrected chi connectivity index (χ2v) is 5.14. The minimum Gasteiger partial charge on any atom is -0.224 e. The van der Waals surface area contributed by atoms with E-state index in [0.29, 0.717) is 5.56 Å². The number of nitrogens with zero attached hydrogens (tertiary/aromatic N) is 1. The lowest BCUT2D eigenvalue weighted by Gasteiger charge is -2.04. The zero-order valence-electron chi connectivity index (χ0n) is 7.97. The van der Waals surface area contributed by atoms with Gasteiger partial charge in [-0.3, -0.25) is 0 Å². The van der Waals surface area contributed by atoms with Crippen LogP contribution in [0.3, 0.4) is 0 Å². The third kappa shape index (κ3) is 2.38. The Hall–Kier alpha value is -1.23. The van der Waals surface area contributed by atoms with E-state index in [2.05, 4.69) is 5.18 Å². The minimum absolute atomic E-state index is 0.213. The van der Waals surface area contributed by atoms with E-state index in [1.807, 2.05) is 0 Å². The largest absolute Gasteiger partial charge is 0.224 e. The van der Waals surface area contributed by atoms with Crippen LogP contribution in [0, 0.1) is 4.91 Å². The summed E-state index contributed by atoms with van der Waals surface area (Å²) in [5, 5.41) is 2.84. The first-order valence-corrected chi connectivity index (χ1v) is 5.97. The molecule has 0 saturated heterocycles. The van der Waals surface area contributed by atoms with Crippen molar-refractivity contribution in [3.63, 3.8) is 0 Å².